The summed E-state index contributed by atoms with van der Waals surface area (Å²) >= 11 is 0. The minimum atomic E-state index is -0.331. The smallest absolute Gasteiger partial charge is 0.317 e. The lowest BCUT2D eigenvalue weighted by atomic mass is 9.97. The molecule has 0 radical (unpaired) electrons. The van der Waals surface area contributed by atoms with Crippen molar-refractivity contribution in [1.82, 2.24) is 15.2 Å². The van der Waals surface area contributed by atoms with Crippen LogP contribution in [0, 0.1) is 0 Å². The number of nitrogens with one attached hydrogen (secondary N) is 1. The molecule has 0 aliphatic carbocycles. The van der Waals surface area contributed by atoms with Gasteiger partial charge in [-0.05, 0) is 42.3 Å². The first-order chi connectivity index (χ1) is 15.5. The maximum absolute atomic E-state index is 13.2. The van der Waals surface area contributed by atoms with Gasteiger partial charge >= 0.3 is 6.03 Å². The number of hydrogen-bond acceptors (Lipinski definition) is 5. The van der Waals surface area contributed by atoms with Crippen LogP contribution in [0.15, 0.2) is 53.6 Å². The Labute approximate surface area is 188 Å². The largest absolute Gasteiger partial charge is 0.497 e. The van der Waals surface area contributed by atoms with Crippen LogP contribution in [0.25, 0.3) is 0 Å². The average molecular weight is 439 g/mol. The van der Waals surface area contributed by atoms with Gasteiger partial charge in [-0.1, -0.05) is 25.1 Å². The van der Waals surface area contributed by atoms with Crippen molar-refractivity contribution in [2.45, 2.75) is 25.8 Å². The van der Waals surface area contributed by atoms with Crippen molar-refractivity contribution in [2.75, 3.05) is 34.4 Å². The van der Waals surface area contributed by atoms with Crippen molar-refractivity contribution in [3.63, 3.8) is 0 Å². The number of rotatable bonds is 8. The number of urea groups is 1. The van der Waals surface area contributed by atoms with Crippen molar-refractivity contribution in [3.05, 3.63) is 59.7 Å². The third-order valence-electron chi connectivity index (χ3n) is 5.33. The van der Waals surface area contributed by atoms with E-state index in [1.54, 1.807) is 21.3 Å². The Kier molecular flexibility index (Phi) is 7.70. The van der Waals surface area contributed by atoms with Crippen molar-refractivity contribution in [3.8, 4) is 11.5 Å². The Morgan fingerprint density at radius 3 is 2.50 bits per heavy atom. The van der Waals surface area contributed by atoms with Crippen LogP contribution in [0.3, 0.4) is 0 Å². The fourth-order valence-corrected chi connectivity index (χ4v) is 3.60. The van der Waals surface area contributed by atoms with Crippen LogP contribution in [0.1, 0.15) is 36.9 Å². The second kappa shape index (κ2) is 10.7. The minimum absolute atomic E-state index is 0.0827. The molecule has 8 nitrogen and oxygen atoms in total. The minimum Gasteiger partial charge on any atom is -0.497 e. The summed E-state index contributed by atoms with van der Waals surface area (Å²) in [7, 11) is 4.83. The van der Waals surface area contributed by atoms with Crippen LogP contribution >= 0.6 is 0 Å². The topological polar surface area (TPSA) is 83.5 Å². The lowest BCUT2D eigenvalue weighted by molar-refractivity contribution is -0.133. The molecule has 0 spiro atoms. The van der Waals surface area contributed by atoms with E-state index in [2.05, 4.69) is 10.4 Å². The molecule has 8 heteroatoms. The summed E-state index contributed by atoms with van der Waals surface area (Å²) in [6.45, 7) is 2.45. The van der Waals surface area contributed by atoms with Crippen LogP contribution in [0.4, 0.5) is 4.79 Å². The summed E-state index contributed by atoms with van der Waals surface area (Å²) in [4.78, 5) is 26.8. The standard InChI is InChI=1S/C24H30N4O4/c1-5-14-25-24(30)27(2)16-23(29)28-21(19-8-6-7-9-22(19)32-4)15-20(26-28)17-10-12-18(31-3)13-11-17/h6-13,21H,5,14-16H2,1-4H3,(H,25,30)/t21-/m1/s1. The van der Waals surface area contributed by atoms with Gasteiger partial charge < -0.3 is 19.7 Å². The van der Waals surface area contributed by atoms with Crippen molar-refractivity contribution in [2.24, 2.45) is 5.10 Å². The molecule has 0 unspecified atom stereocenters. The van der Waals surface area contributed by atoms with Gasteiger partial charge in [-0.25, -0.2) is 9.80 Å². The van der Waals surface area contributed by atoms with Gasteiger partial charge in [0, 0.05) is 25.6 Å². The molecule has 1 atom stereocenters. The van der Waals surface area contributed by atoms with Crippen LogP contribution in [-0.4, -0.2) is 61.9 Å². The number of likely N-dealkylation sites (N-methyl/N-ethyl adjacent to an activating group) is 1. The molecule has 1 N–H and O–H groups in total. The molecule has 2 aromatic rings. The number of carbonyl (C=O) groups is 2. The van der Waals surface area contributed by atoms with E-state index < -0.39 is 0 Å². The summed E-state index contributed by atoms with van der Waals surface area (Å²) in [5, 5.41) is 8.92. The zero-order valence-corrected chi connectivity index (χ0v) is 19.0. The van der Waals surface area contributed by atoms with Crippen molar-refractivity contribution < 1.29 is 19.1 Å². The normalized spacial score (nSPS) is 15.2. The molecule has 2 aromatic carbocycles. The first-order valence-electron chi connectivity index (χ1n) is 10.6. The van der Waals surface area contributed by atoms with E-state index in [0.717, 1.165) is 29.0 Å². The fraction of sp³-hybridized carbons (Fsp3) is 0.375. The molecule has 0 aromatic heterocycles. The quantitative estimate of drug-likeness (QED) is 0.684. The summed E-state index contributed by atoms with van der Waals surface area (Å²) in [6.07, 6.45) is 1.36. The Morgan fingerprint density at radius 1 is 1.12 bits per heavy atom. The molecular weight excluding hydrogens is 408 g/mol. The van der Waals surface area contributed by atoms with Gasteiger partial charge in [0.15, 0.2) is 0 Å². The van der Waals surface area contributed by atoms with Crippen molar-refractivity contribution >= 4 is 17.6 Å². The highest BCUT2D eigenvalue weighted by Crippen LogP contribution is 2.37. The molecule has 3 rings (SSSR count). The first-order valence-corrected chi connectivity index (χ1v) is 10.6. The Morgan fingerprint density at radius 2 is 1.84 bits per heavy atom. The number of amides is 3. The third kappa shape index (κ3) is 5.19. The molecule has 0 fully saturated rings. The molecule has 32 heavy (non-hydrogen) atoms. The molecule has 1 heterocycles. The lowest BCUT2D eigenvalue weighted by Gasteiger charge is -2.26. The molecular formula is C24H30N4O4. The van der Waals surface area contributed by atoms with E-state index in [4.69, 9.17) is 9.47 Å². The zero-order chi connectivity index (χ0) is 23.1. The Bertz CT molecular complexity index is 974. The van der Waals surface area contributed by atoms with E-state index in [-0.39, 0.29) is 24.5 Å². The zero-order valence-electron chi connectivity index (χ0n) is 19.0. The Balaban J connectivity index is 1.88. The molecule has 1 aliphatic heterocycles. The predicted octanol–water partition coefficient (Wildman–Crippen LogP) is 3.43. The van der Waals surface area contributed by atoms with Crippen LogP contribution in [0.5, 0.6) is 11.5 Å². The number of para-hydroxylation sites is 1. The molecule has 0 saturated heterocycles. The highest BCUT2D eigenvalue weighted by Gasteiger charge is 2.35. The fourth-order valence-electron chi connectivity index (χ4n) is 3.60. The van der Waals surface area contributed by atoms with Crippen LogP contribution in [0.2, 0.25) is 0 Å². The summed E-state index contributed by atoms with van der Waals surface area (Å²) in [5.41, 5.74) is 2.57. The van der Waals surface area contributed by atoms with Gasteiger partial charge in [0.25, 0.3) is 5.91 Å². The summed E-state index contributed by atoms with van der Waals surface area (Å²) in [5.74, 6) is 1.18. The van der Waals surface area contributed by atoms with Gasteiger partial charge in [-0.2, -0.15) is 5.10 Å². The number of methoxy groups -OCH3 is 2. The highest BCUT2D eigenvalue weighted by molar-refractivity contribution is 6.03. The van der Waals surface area contributed by atoms with E-state index in [0.29, 0.717) is 18.7 Å². The number of carbonyl (C=O) groups excluding carboxylic acids is 2. The van der Waals surface area contributed by atoms with Gasteiger partial charge in [0.05, 0.1) is 26.0 Å². The second-order valence-corrected chi connectivity index (χ2v) is 7.56. The summed E-state index contributed by atoms with van der Waals surface area (Å²) in [6, 6.07) is 14.6. The number of hydrogen-bond donors (Lipinski definition) is 1. The predicted molar refractivity (Wildman–Crippen MR) is 123 cm³/mol. The van der Waals surface area contributed by atoms with Gasteiger partial charge in [-0.15, -0.1) is 0 Å². The third-order valence-corrected chi connectivity index (χ3v) is 5.33. The first kappa shape index (κ1) is 23.1. The average Bonchev–Trinajstić information content (AvgIpc) is 3.28. The van der Waals surface area contributed by atoms with Crippen LogP contribution < -0.4 is 14.8 Å². The summed E-state index contributed by atoms with van der Waals surface area (Å²) < 4.78 is 10.8. The Hall–Kier alpha value is -3.55. The van der Waals surface area contributed by atoms with Gasteiger partial charge in [0.2, 0.25) is 0 Å². The molecule has 3 amide bonds. The molecule has 0 saturated carbocycles. The number of nitrogens with zero attached hydrogens (tertiary/aromatic N) is 3. The lowest BCUT2D eigenvalue weighted by Crippen LogP contribution is -2.43. The van der Waals surface area contributed by atoms with Crippen LogP contribution in [-0.2, 0) is 4.79 Å². The van der Waals surface area contributed by atoms with Gasteiger partial charge in [-0.3, -0.25) is 4.79 Å². The second-order valence-electron chi connectivity index (χ2n) is 7.56. The van der Waals surface area contributed by atoms with E-state index >= 15 is 0 Å². The molecule has 0 bridgehead atoms. The number of ether oxygens (including phenoxy) is 2. The molecule has 170 valence electrons. The van der Waals surface area contributed by atoms with Crippen molar-refractivity contribution in [1.29, 1.82) is 0 Å². The molecule has 1 aliphatic rings. The maximum Gasteiger partial charge on any atom is 0.317 e. The van der Waals surface area contributed by atoms with Gasteiger partial charge in [0.1, 0.15) is 18.0 Å². The highest BCUT2D eigenvalue weighted by atomic mass is 16.5. The monoisotopic (exact) mass is 438 g/mol. The van der Waals surface area contributed by atoms with E-state index in [1.165, 1.54) is 9.91 Å². The number of benzene rings is 2. The van der Waals surface area contributed by atoms with E-state index in [1.807, 2.05) is 55.5 Å². The SMILES string of the molecule is CCCNC(=O)N(C)CC(=O)N1N=C(c2ccc(OC)cc2)C[C@@H]1c1ccccc1OC. The van der Waals surface area contributed by atoms with E-state index in [9.17, 15) is 9.59 Å². The number of hydrazone groups is 1. The maximum atomic E-state index is 13.2.